The molecule has 3 aromatic heterocycles. The highest BCUT2D eigenvalue weighted by molar-refractivity contribution is 7.17. The number of thiophene rings is 1. The maximum atomic E-state index is 13.9. The van der Waals surface area contributed by atoms with Gasteiger partial charge in [0.25, 0.3) is 5.91 Å². The largest absolute Gasteiger partial charge is 0.464 e. The standard InChI is InChI=1S/C26H23FN4O3S/c1-2-23(32)30-10-9-26(15-30)13-17(14-26)31-19-6-5-16(27)12-18(19)28-25(31)29-24(33)22-8-7-21(35-22)20-4-3-11-34-20/h2-8,11-12,17H,1,9-10,13-15H2,(H,28,29,33). The molecule has 178 valence electrons. The van der Waals surface area contributed by atoms with E-state index in [1.165, 1.54) is 29.5 Å². The van der Waals surface area contributed by atoms with Crippen LogP contribution in [0.5, 0.6) is 0 Å². The third-order valence-corrected chi connectivity index (χ3v) is 8.20. The van der Waals surface area contributed by atoms with Crippen molar-refractivity contribution in [3.8, 4) is 10.6 Å². The average molecular weight is 491 g/mol. The number of hydrogen-bond acceptors (Lipinski definition) is 5. The number of imidazole rings is 1. The Hall–Kier alpha value is -3.72. The molecule has 1 N–H and O–H groups in total. The number of aromatic nitrogens is 2. The van der Waals surface area contributed by atoms with Crippen molar-refractivity contribution in [3.05, 3.63) is 72.1 Å². The van der Waals surface area contributed by atoms with E-state index >= 15 is 0 Å². The Balaban J connectivity index is 1.27. The van der Waals surface area contributed by atoms with E-state index in [-0.39, 0.29) is 29.1 Å². The Morgan fingerprint density at radius 2 is 2.11 bits per heavy atom. The molecule has 1 aliphatic carbocycles. The maximum Gasteiger partial charge on any atom is 0.268 e. The van der Waals surface area contributed by atoms with Gasteiger partial charge >= 0.3 is 0 Å². The van der Waals surface area contributed by atoms with Gasteiger partial charge in [-0.2, -0.15) is 0 Å². The van der Waals surface area contributed by atoms with Gasteiger partial charge in [0.1, 0.15) is 11.6 Å². The van der Waals surface area contributed by atoms with Gasteiger partial charge in [-0.25, -0.2) is 9.37 Å². The van der Waals surface area contributed by atoms with Gasteiger partial charge < -0.3 is 13.9 Å². The molecule has 6 rings (SSSR count). The van der Waals surface area contributed by atoms with E-state index in [2.05, 4.69) is 16.9 Å². The van der Waals surface area contributed by atoms with Crippen molar-refractivity contribution in [2.24, 2.45) is 5.41 Å². The van der Waals surface area contributed by atoms with E-state index in [1.54, 1.807) is 24.5 Å². The van der Waals surface area contributed by atoms with E-state index in [9.17, 15) is 14.0 Å². The first-order valence-electron chi connectivity index (χ1n) is 11.5. The number of halogens is 1. The molecule has 0 radical (unpaired) electrons. The Kier molecular flexibility index (Phi) is 5.10. The zero-order valence-corrected chi connectivity index (χ0v) is 19.7. The first-order chi connectivity index (χ1) is 16.9. The fourth-order valence-corrected chi connectivity index (χ4v) is 6.28. The number of benzene rings is 1. The average Bonchev–Trinajstić information content (AvgIpc) is 3.62. The molecule has 1 spiro atoms. The number of amides is 2. The molecule has 2 aliphatic rings. The molecule has 1 saturated heterocycles. The van der Waals surface area contributed by atoms with Gasteiger partial charge in [-0.1, -0.05) is 6.58 Å². The second-order valence-corrected chi connectivity index (χ2v) is 10.4. The summed E-state index contributed by atoms with van der Waals surface area (Å²) in [6.45, 7) is 5.03. The third kappa shape index (κ3) is 3.76. The highest BCUT2D eigenvalue weighted by Crippen LogP contribution is 2.55. The van der Waals surface area contributed by atoms with Crippen LogP contribution in [0.4, 0.5) is 10.3 Å². The number of nitrogens with zero attached hydrogens (tertiary/aromatic N) is 3. The van der Waals surface area contributed by atoms with Crippen LogP contribution in [0, 0.1) is 11.2 Å². The summed E-state index contributed by atoms with van der Waals surface area (Å²) in [5.74, 6) is 0.424. The number of anilines is 1. The topological polar surface area (TPSA) is 80.4 Å². The number of nitrogens with one attached hydrogen (secondary N) is 1. The van der Waals surface area contributed by atoms with E-state index in [0.29, 0.717) is 28.6 Å². The van der Waals surface area contributed by atoms with Crippen molar-refractivity contribution in [1.29, 1.82) is 0 Å². The Labute approximate surface area is 204 Å². The molecule has 1 saturated carbocycles. The van der Waals surface area contributed by atoms with Crippen molar-refractivity contribution >= 4 is 40.1 Å². The highest BCUT2D eigenvalue weighted by Gasteiger charge is 2.50. The third-order valence-electron chi connectivity index (χ3n) is 7.10. The van der Waals surface area contributed by atoms with Crippen LogP contribution in [0.2, 0.25) is 0 Å². The molecule has 1 aromatic carbocycles. The van der Waals surface area contributed by atoms with Crippen LogP contribution in [0.25, 0.3) is 21.7 Å². The molecule has 2 amide bonds. The predicted octanol–water partition coefficient (Wildman–Crippen LogP) is 5.49. The maximum absolute atomic E-state index is 13.9. The van der Waals surface area contributed by atoms with E-state index in [1.807, 2.05) is 21.6 Å². The number of rotatable bonds is 5. The van der Waals surface area contributed by atoms with Crippen LogP contribution >= 0.6 is 11.3 Å². The minimum Gasteiger partial charge on any atom is -0.464 e. The quantitative estimate of drug-likeness (QED) is 0.375. The molecule has 4 heterocycles. The lowest BCUT2D eigenvalue weighted by Gasteiger charge is -2.46. The molecule has 0 unspecified atom stereocenters. The zero-order valence-electron chi connectivity index (χ0n) is 18.9. The molecule has 35 heavy (non-hydrogen) atoms. The minimum absolute atomic E-state index is 0.0355. The zero-order chi connectivity index (χ0) is 24.2. The SMILES string of the molecule is C=CC(=O)N1CCC2(CC(n3c(NC(=O)c4ccc(-c5ccco5)s4)nc4cc(F)ccc43)C2)C1. The normalized spacial score (nSPS) is 21.4. The summed E-state index contributed by atoms with van der Waals surface area (Å²) in [5.41, 5.74) is 1.34. The van der Waals surface area contributed by atoms with Crippen molar-refractivity contribution in [1.82, 2.24) is 14.5 Å². The second kappa shape index (κ2) is 8.20. The van der Waals surface area contributed by atoms with Gasteiger partial charge in [-0.15, -0.1) is 11.3 Å². The molecule has 0 bridgehead atoms. The van der Waals surface area contributed by atoms with Crippen molar-refractivity contribution < 1.29 is 18.4 Å². The van der Waals surface area contributed by atoms with Crippen LogP contribution in [0.3, 0.4) is 0 Å². The Bertz CT molecular complexity index is 1450. The molecule has 2 fully saturated rings. The molecule has 0 atom stereocenters. The molecule has 4 aromatic rings. The number of carbonyl (C=O) groups is 2. The first kappa shape index (κ1) is 21.8. The van der Waals surface area contributed by atoms with E-state index < -0.39 is 0 Å². The summed E-state index contributed by atoms with van der Waals surface area (Å²) < 4.78 is 21.4. The van der Waals surface area contributed by atoms with Gasteiger partial charge in [0.05, 0.1) is 27.1 Å². The molecular formula is C26H23FN4O3S. The lowest BCUT2D eigenvalue weighted by molar-refractivity contribution is -0.125. The molecule has 1 aliphatic heterocycles. The number of fused-ring (bicyclic) bond motifs is 1. The van der Waals surface area contributed by atoms with Gasteiger partial charge in [-0.05, 0) is 67.2 Å². The van der Waals surface area contributed by atoms with Crippen LogP contribution in [0.15, 0.2) is 65.8 Å². The summed E-state index contributed by atoms with van der Waals surface area (Å²) in [7, 11) is 0. The van der Waals surface area contributed by atoms with E-state index in [4.69, 9.17) is 4.42 Å². The summed E-state index contributed by atoms with van der Waals surface area (Å²) in [6.07, 6.45) is 5.63. The lowest BCUT2D eigenvalue weighted by atomic mass is 9.65. The fraction of sp³-hybridized carbons (Fsp3) is 0.269. The highest BCUT2D eigenvalue weighted by atomic mass is 32.1. The van der Waals surface area contributed by atoms with Crippen LogP contribution in [-0.4, -0.2) is 39.4 Å². The number of furan rings is 1. The van der Waals surface area contributed by atoms with Crippen LogP contribution < -0.4 is 5.32 Å². The van der Waals surface area contributed by atoms with Crippen LogP contribution in [0.1, 0.15) is 35.0 Å². The van der Waals surface area contributed by atoms with Gasteiger partial charge in [-0.3, -0.25) is 14.9 Å². The fourth-order valence-electron chi connectivity index (χ4n) is 5.41. The second-order valence-electron chi connectivity index (χ2n) is 9.31. The Morgan fingerprint density at radius 3 is 2.89 bits per heavy atom. The number of carbonyl (C=O) groups excluding carboxylic acids is 2. The van der Waals surface area contributed by atoms with Crippen molar-refractivity contribution in [3.63, 3.8) is 0 Å². The molecular weight excluding hydrogens is 467 g/mol. The number of likely N-dealkylation sites (tertiary alicyclic amines) is 1. The van der Waals surface area contributed by atoms with Crippen molar-refractivity contribution in [2.45, 2.75) is 25.3 Å². The minimum atomic E-state index is -0.374. The summed E-state index contributed by atoms with van der Waals surface area (Å²) in [5, 5.41) is 2.95. The monoisotopic (exact) mass is 490 g/mol. The summed E-state index contributed by atoms with van der Waals surface area (Å²) in [6, 6.07) is 11.9. The number of hydrogen-bond donors (Lipinski definition) is 1. The van der Waals surface area contributed by atoms with Gasteiger partial charge in [0.2, 0.25) is 11.9 Å². The van der Waals surface area contributed by atoms with Crippen LogP contribution in [-0.2, 0) is 4.79 Å². The summed E-state index contributed by atoms with van der Waals surface area (Å²) in [4.78, 5) is 33.0. The smallest absolute Gasteiger partial charge is 0.268 e. The predicted molar refractivity (Wildman–Crippen MR) is 132 cm³/mol. The first-order valence-corrected chi connectivity index (χ1v) is 12.3. The van der Waals surface area contributed by atoms with Crippen molar-refractivity contribution in [2.75, 3.05) is 18.4 Å². The van der Waals surface area contributed by atoms with E-state index in [0.717, 1.165) is 36.2 Å². The van der Waals surface area contributed by atoms with Gasteiger partial charge in [0.15, 0.2) is 0 Å². The molecule has 7 nitrogen and oxygen atoms in total. The lowest BCUT2D eigenvalue weighted by Crippen LogP contribution is -2.42. The Morgan fingerprint density at radius 1 is 1.26 bits per heavy atom. The van der Waals surface area contributed by atoms with Gasteiger partial charge in [0, 0.05) is 25.2 Å². The summed E-state index contributed by atoms with van der Waals surface area (Å²) >= 11 is 1.33. The molecule has 9 heteroatoms.